The van der Waals surface area contributed by atoms with Gasteiger partial charge in [-0.2, -0.15) is 0 Å². The maximum absolute atomic E-state index is 11.6. The zero-order chi connectivity index (χ0) is 14.5. The summed E-state index contributed by atoms with van der Waals surface area (Å²) in [5.74, 6) is -0.331. The second-order valence-corrected chi connectivity index (χ2v) is 6.38. The number of aliphatic imine (C=N–C) groups is 1. The number of rotatable bonds is 4. The highest BCUT2D eigenvalue weighted by Crippen LogP contribution is 2.33. The summed E-state index contributed by atoms with van der Waals surface area (Å²) < 4.78 is 5.15. The molecule has 19 heavy (non-hydrogen) atoms. The molecule has 0 bridgehead atoms. The lowest BCUT2D eigenvalue weighted by Crippen LogP contribution is -2.36. The van der Waals surface area contributed by atoms with Crippen molar-refractivity contribution in [3.63, 3.8) is 0 Å². The van der Waals surface area contributed by atoms with Crippen molar-refractivity contribution < 1.29 is 14.3 Å². The highest BCUT2D eigenvalue weighted by molar-refractivity contribution is 6.23. The minimum absolute atomic E-state index is 0.178. The van der Waals surface area contributed by atoms with Crippen LogP contribution in [0.5, 0.6) is 0 Å². The molecule has 0 spiro atoms. The van der Waals surface area contributed by atoms with E-state index >= 15 is 0 Å². The number of hydrogen-bond acceptors (Lipinski definition) is 4. The van der Waals surface area contributed by atoms with Crippen LogP contribution in [0.15, 0.2) is 4.99 Å². The maximum Gasteiger partial charge on any atom is 0.349 e. The highest BCUT2D eigenvalue weighted by atomic mass is 16.6. The number of ether oxygens (including phenoxy) is 1. The zero-order valence-electron chi connectivity index (χ0n) is 12.4. The first-order valence-corrected chi connectivity index (χ1v) is 6.94. The van der Waals surface area contributed by atoms with E-state index in [-0.39, 0.29) is 5.92 Å². The minimum atomic E-state index is -0.919. The van der Waals surface area contributed by atoms with E-state index in [2.05, 4.69) is 4.99 Å². The molecule has 1 aliphatic carbocycles. The van der Waals surface area contributed by atoms with Gasteiger partial charge in [0, 0.05) is 0 Å². The molecule has 1 rings (SSSR count). The Morgan fingerprint density at radius 1 is 1.21 bits per heavy atom. The second-order valence-electron chi connectivity index (χ2n) is 6.38. The monoisotopic (exact) mass is 266 g/mol. The van der Waals surface area contributed by atoms with Crippen molar-refractivity contribution in [1.82, 2.24) is 0 Å². The van der Waals surface area contributed by atoms with Crippen molar-refractivity contribution >= 4 is 18.5 Å². The molecule has 1 radical (unpaired) electrons. The number of carbonyl (C=O) groups excluding carboxylic acids is 2. The number of hydrogen-bond donors (Lipinski definition) is 0. The van der Waals surface area contributed by atoms with Gasteiger partial charge in [0.15, 0.2) is 0 Å². The van der Waals surface area contributed by atoms with E-state index in [1.165, 1.54) is 6.42 Å². The molecular weight excluding hydrogens is 242 g/mol. The van der Waals surface area contributed by atoms with Crippen LogP contribution in [0.2, 0.25) is 0 Å². The zero-order valence-corrected chi connectivity index (χ0v) is 12.4. The summed E-state index contributed by atoms with van der Waals surface area (Å²) in [7, 11) is 0. The van der Waals surface area contributed by atoms with Gasteiger partial charge >= 0.3 is 5.97 Å². The third kappa shape index (κ3) is 5.13. The summed E-state index contributed by atoms with van der Waals surface area (Å²) in [6.45, 7) is 7.14. The summed E-state index contributed by atoms with van der Waals surface area (Å²) in [4.78, 5) is 27.0. The van der Waals surface area contributed by atoms with Crippen molar-refractivity contribution in [3.8, 4) is 0 Å². The van der Waals surface area contributed by atoms with Crippen LogP contribution in [0.1, 0.15) is 59.8 Å². The van der Waals surface area contributed by atoms with Crippen LogP contribution >= 0.6 is 0 Å². The molecule has 0 saturated heterocycles. The van der Waals surface area contributed by atoms with Crippen LogP contribution < -0.4 is 0 Å². The fraction of sp³-hybridized carbons (Fsp3) is 0.800. The topological polar surface area (TPSA) is 55.7 Å². The smallest absolute Gasteiger partial charge is 0.349 e. The van der Waals surface area contributed by atoms with E-state index in [0.29, 0.717) is 0 Å². The Bertz CT molecular complexity index is 351. The molecule has 0 heterocycles. The van der Waals surface area contributed by atoms with Gasteiger partial charge < -0.3 is 4.74 Å². The minimum Gasteiger partial charge on any atom is -0.456 e. The molecule has 107 valence electrons. The van der Waals surface area contributed by atoms with Gasteiger partial charge in [-0.3, -0.25) is 9.79 Å². The van der Waals surface area contributed by atoms with Crippen LogP contribution in [0.25, 0.3) is 0 Å². The highest BCUT2D eigenvalue weighted by Gasteiger charge is 2.35. The molecule has 0 amide bonds. The van der Waals surface area contributed by atoms with Crippen molar-refractivity contribution in [2.24, 2.45) is 10.9 Å². The SMILES string of the molecule is CC(C)(C)OC(=O)C=N[C@@](C)([C]=O)C1CCCCC1. The van der Waals surface area contributed by atoms with Gasteiger partial charge in [0.05, 0.1) is 0 Å². The van der Waals surface area contributed by atoms with Gasteiger partial charge in [-0.25, -0.2) is 4.79 Å². The van der Waals surface area contributed by atoms with Gasteiger partial charge in [-0.05, 0) is 46.5 Å². The molecule has 1 saturated carbocycles. The molecule has 4 nitrogen and oxygen atoms in total. The van der Waals surface area contributed by atoms with E-state index in [9.17, 15) is 9.59 Å². The summed E-state index contributed by atoms with van der Waals surface area (Å²) in [6.07, 6.45) is 8.52. The van der Waals surface area contributed by atoms with Gasteiger partial charge in [-0.1, -0.05) is 19.3 Å². The maximum atomic E-state index is 11.6. The van der Waals surface area contributed by atoms with E-state index in [4.69, 9.17) is 4.74 Å². The Labute approximate surface area is 115 Å². The molecule has 0 aromatic carbocycles. The molecule has 0 aliphatic heterocycles. The van der Waals surface area contributed by atoms with Gasteiger partial charge in [0.2, 0.25) is 6.29 Å². The lowest BCUT2D eigenvalue weighted by atomic mass is 9.77. The van der Waals surface area contributed by atoms with Crippen LogP contribution in [0.3, 0.4) is 0 Å². The molecule has 1 atom stereocenters. The molecule has 0 aromatic rings. The third-order valence-corrected chi connectivity index (χ3v) is 3.45. The first-order chi connectivity index (χ1) is 8.77. The van der Waals surface area contributed by atoms with Crippen LogP contribution in [0, 0.1) is 5.92 Å². The summed E-state index contributed by atoms with van der Waals surface area (Å²) >= 11 is 0. The molecule has 0 unspecified atom stereocenters. The molecule has 1 aliphatic rings. The van der Waals surface area contributed by atoms with Gasteiger partial charge in [0.1, 0.15) is 17.4 Å². The van der Waals surface area contributed by atoms with Gasteiger partial charge in [0.25, 0.3) is 0 Å². The van der Waals surface area contributed by atoms with E-state index in [1.54, 1.807) is 27.7 Å². The van der Waals surface area contributed by atoms with Crippen molar-refractivity contribution in [3.05, 3.63) is 0 Å². The fourth-order valence-corrected chi connectivity index (χ4v) is 2.39. The normalized spacial score (nSPS) is 21.1. The van der Waals surface area contributed by atoms with E-state index in [0.717, 1.165) is 31.9 Å². The van der Waals surface area contributed by atoms with E-state index < -0.39 is 17.1 Å². The van der Waals surface area contributed by atoms with Gasteiger partial charge in [-0.15, -0.1) is 0 Å². The lowest BCUT2D eigenvalue weighted by molar-refractivity contribution is -0.145. The Morgan fingerprint density at radius 2 is 1.79 bits per heavy atom. The Kier molecular flexibility index (Phi) is 5.27. The largest absolute Gasteiger partial charge is 0.456 e. The number of nitrogens with zero attached hydrogens (tertiary/aromatic N) is 1. The van der Waals surface area contributed by atoms with Crippen LogP contribution in [0.4, 0.5) is 0 Å². The van der Waals surface area contributed by atoms with Crippen molar-refractivity contribution in [2.75, 3.05) is 0 Å². The average molecular weight is 266 g/mol. The molecule has 0 N–H and O–H groups in total. The summed E-state index contributed by atoms with van der Waals surface area (Å²) in [5.41, 5.74) is -1.47. The number of esters is 1. The first kappa shape index (κ1) is 15.9. The molecule has 4 heteroatoms. The first-order valence-electron chi connectivity index (χ1n) is 6.94. The molecule has 1 fully saturated rings. The second kappa shape index (κ2) is 6.31. The van der Waals surface area contributed by atoms with E-state index in [1.807, 2.05) is 6.29 Å². The fourth-order valence-electron chi connectivity index (χ4n) is 2.39. The standard InChI is InChI=1S/C15H24NO3/c1-14(2,3)19-13(18)10-16-15(4,11-17)12-8-6-5-7-9-12/h10,12H,5-9H2,1-4H3/t15-/m0/s1. The van der Waals surface area contributed by atoms with Crippen LogP contribution in [-0.4, -0.2) is 29.6 Å². The summed E-state index contributed by atoms with van der Waals surface area (Å²) in [5, 5.41) is 0. The predicted octanol–water partition coefficient (Wildman–Crippen LogP) is 2.85. The Hall–Kier alpha value is -1.19. The van der Waals surface area contributed by atoms with Crippen molar-refractivity contribution in [2.45, 2.75) is 70.9 Å². The Balaban J connectivity index is 2.68. The summed E-state index contributed by atoms with van der Waals surface area (Å²) in [6, 6.07) is 0. The molecule has 0 aromatic heterocycles. The quantitative estimate of drug-likeness (QED) is 0.580. The molecular formula is C15H24NO3. The lowest BCUT2D eigenvalue weighted by Gasteiger charge is -2.31. The Morgan fingerprint density at radius 3 is 2.26 bits per heavy atom. The van der Waals surface area contributed by atoms with Crippen LogP contribution in [-0.2, 0) is 14.3 Å². The predicted molar refractivity (Wildman–Crippen MR) is 75.0 cm³/mol. The number of carbonyl (C=O) groups is 1. The van der Waals surface area contributed by atoms with Crippen molar-refractivity contribution in [1.29, 1.82) is 0 Å². The third-order valence-electron chi connectivity index (χ3n) is 3.45. The average Bonchev–Trinajstić information content (AvgIpc) is 2.35.